The average Bonchev–Trinajstić information content (AvgIpc) is 3.32. The number of nitrogen functional groups attached to an aromatic ring is 1. The van der Waals surface area contributed by atoms with Crippen LogP contribution < -0.4 is 11.1 Å². The summed E-state index contributed by atoms with van der Waals surface area (Å²) in [6.45, 7) is 3.80. The second-order valence-electron chi connectivity index (χ2n) is 8.68. The molecule has 1 aliphatic heterocycles. The van der Waals surface area contributed by atoms with Gasteiger partial charge in [0.25, 0.3) is 5.91 Å². The molecular weight excluding hydrogens is 439 g/mol. The SMILES string of the molecule is Nc1cc(-c2ccc(C(F)(F)F)cc2)ccc1C(=O)NCCc1ccc(CN2CCCC2)cc1. The number of benzene rings is 3. The van der Waals surface area contributed by atoms with Gasteiger partial charge in [0.1, 0.15) is 0 Å². The zero-order valence-corrected chi connectivity index (χ0v) is 18.9. The Bertz CT molecular complexity index is 1120. The molecule has 4 rings (SSSR count). The Labute approximate surface area is 197 Å². The van der Waals surface area contributed by atoms with Crippen LogP contribution in [0.15, 0.2) is 66.7 Å². The number of nitrogens with zero attached hydrogens (tertiary/aromatic N) is 1. The van der Waals surface area contributed by atoms with Gasteiger partial charge in [-0.3, -0.25) is 9.69 Å². The van der Waals surface area contributed by atoms with Crippen molar-refractivity contribution >= 4 is 11.6 Å². The van der Waals surface area contributed by atoms with Gasteiger partial charge in [0.15, 0.2) is 0 Å². The number of anilines is 1. The van der Waals surface area contributed by atoms with Gasteiger partial charge in [0.2, 0.25) is 0 Å². The molecule has 1 amide bonds. The summed E-state index contributed by atoms with van der Waals surface area (Å²) in [5.74, 6) is -0.276. The minimum Gasteiger partial charge on any atom is -0.398 e. The third-order valence-corrected chi connectivity index (χ3v) is 6.17. The van der Waals surface area contributed by atoms with Crippen molar-refractivity contribution in [2.75, 3.05) is 25.4 Å². The molecule has 0 unspecified atom stereocenters. The van der Waals surface area contributed by atoms with Gasteiger partial charge in [0.05, 0.1) is 11.1 Å². The van der Waals surface area contributed by atoms with Crippen molar-refractivity contribution in [3.05, 3.63) is 89.0 Å². The summed E-state index contributed by atoms with van der Waals surface area (Å²) in [7, 11) is 0. The van der Waals surface area contributed by atoms with E-state index in [4.69, 9.17) is 5.73 Å². The monoisotopic (exact) mass is 467 g/mol. The third-order valence-electron chi connectivity index (χ3n) is 6.17. The maximum Gasteiger partial charge on any atom is 0.416 e. The highest BCUT2D eigenvalue weighted by molar-refractivity contribution is 6.00. The number of carbonyl (C=O) groups is 1. The van der Waals surface area contributed by atoms with E-state index in [1.807, 2.05) is 0 Å². The van der Waals surface area contributed by atoms with E-state index in [0.717, 1.165) is 24.2 Å². The van der Waals surface area contributed by atoms with Gasteiger partial charge in [-0.1, -0.05) is 42.5 Å². The van der Waals surface area contributed by atoms with Crippen LogP contribution in [0.4, 0.5) is 18.9 Å². The number of nitrogens with one attached hydrogen (secondary N) is 1. The molecule has 7 heteroatoms. The number of halogens is 3. The topological polar surface area (TPSA) is 58.4 Å². The Morgan fingerprint density at radius 1 is 0.882 bits per heavy atom. The maximum atomic E-state index is 12.8. The van der Waals surface area contributed by atoms with E-state index in [9.17, 15) is 18.0 Å². The molecule has 0 radical (unpaired) electrons. The van der Waals surface area contributed by atoms with Crippen molar-refractivity contribution in [1.29, 1.82) is 0 Å². The van der Waals surface area contributed by atoms with Gasteiger partial charge in [-0.05, 0) is 78.9 Å². The Kier molecular flexibility index (Phi) is 7.22. The van der Waals surface area contributed by atoms with E-state index >= 15 is 0 Å². The fourth-order valence-electron chi connectivity index (χ4n) is 4.23. The summed E-state index contributed by atoms with van der Waals surface area (Å²) < 4.78 is 38.3. The summed E-state index contributed by atoms with van der Waals surface area (Å²) in [6.07, 6.45) is -1.12. The van der Waals surface area contributed by atoms with Crippen LogP contribution in [-0.2, 0) is 19.1 Å². The molecule has 0 aliphatic carbocycles. The number of likely N-dealkylation sites (tertiary alicyclic amines) is 1. The summed E-state index contributed by atoms with van der Waals surface area (Å²) >= 11 is 0. The molecule has 0 aromatic heterocycles. The number of hydrogen-bond donors (Lipinski definition) is 2. The van der Waals surface area contributed by atoms with Gasteiger partial charge in [-0.15, -0.1) is 0 Å². The molecule has 178 valence electrons. The summed E-state index contributed by atoms with van der Waals surface area (Å²) in [5.41, 5.74) is 9.69. The van der Waals surface area contributed by atoms with Crippen molar-refractivity contribution in [2.45, 2.75) is 32.0 Å². The first-order valence-electron chi connectivity index (χ1n) is 11.4. The Hall–Kier alpha value is -3.32. The van der Waals surface area contributed by atoms with Crippen molar-refractivity contribution in [3.63, 3.8) is 0 Å². The molecule has 3 aromatic carbocycles. The van der Waals surface area contributed by atoms with E-state index in [1.165, 1.54) is 43.6 Å². The molecule has 1 saturated heterocycles. The highest BCUT2D eigenvalue weighted by Gasteiger charge is 2.30. The van der Waals surface area contributed by atoms with Crippen LogP contribution in [-0.4, -0.2) is 30.4 Å². The Morgan fingerprint density at radius 2 is 1.50 bits per heavy atom. The molecule has 4 nitrogen and oxygen atoms in total. The molecular formula is C27H28F3N3O. The molecule has 1 fully saturated rings. The molecule has 0 saturated carbocycles. The van der Waals surface area contributed by atoms with Gasteiger partial charge in [-0.25, -0.2) is 0 Å². The highest BCUT2D eigenvalue weighted by atomic mass is 19.4. The largest absolute Gasteiger partial charge is 0.416 e. The van der Waals surface area contributed by atoms with E-state index in [-0.39, 0.29) is 11.6 Å². The van der Waals surface area contributed by atoms with Crippen molar-refractivity contribution in [3.8, 4) is 11.1 Å². The van der Waals surface area contributed by atoms with Crippen LogP contribution >= 0.6 is 0 Å². The normalized spacial score (nSPS) is 14.3. The van der Waals surface area contributed by atoms with E-state index in [0.29, 0.717) is 29.7 Å². The number of carbonyl (C=O) groups excluding carboxylic acids is 1. The zero-order chi connectivity index (χ0) is 24.1. The first-order valence-corrected chi connectivity index (χ1v) is 11.4. The Balaban J connectivity index is 1.31. The fourth-order valence-corrected chi connectivity index (χ4v) is 4.23. The summed E-state index contributed by atoms with van der Waals surface area (Å²) in [6, 6.07) is 18.3. The van der Waals surface area contributed by atoms with Crippen LogP contribution in [0.2, 0.25) is 0 Å². The molecule has 1 aliphatic rings. The summed E-state index contributed by atoms with van der Waals surface area (Å²) in [5, 5.41) is 2.89. The molecule has 3 N–H and O–H groups in total. The quantitative estimate of drug-likeness (QED) is 0.450. The molecule has 34 heavy (non-hydrogen) atoms. The van der Waals surface area contributed by atoms with Crippen molar-refractivity contribution in [2.24, 2.45) is 0 Å². The molecule has 0 spiro atoms. The van der Waals surface area contributed by atoms with Crippen LogP contribution in [0, 0.1) is 0 Å². The number of amides is 1. The third kappa shape index (κ3) is 5.97. The highest BCUT2D eigenvalue weighted by Crippen LogP contribution is 2.31. The lowest BCUT2D eigenvalue weighted by molar-refractivity contribution is -0.137. The van der Waals surface area contributed by atoms with Crippen molar-refractivity contribution in [1.82, 2.24) is 10.2 Å². The number of rotatable bonds is 7. The lowest BCUT2D eigenvalue weighted by atomic mass is 10.0. The van der Waals surface area contributed by atoms with E-state index in [1.54, 1.807) is 18.2 Å². The molecule has 0 atom stereocenters. The Morgan fingerprint density at radius 3 is 2.12 bits per heavy atom. The molecule has 1 heterocycles. The number of nitrogens with two attached hydrogens (primary N) is 1. The van der Waals surface area contributed by atoms with Gasteiger partial charge in [-0.2, -0.15) is 13.2 Å². The van der Waals surface area contributed by atoms with Gasteiger partial charge in [0, 0.05) is 18.8 Å². The van der Waals surface area contributed by atoms with E-state index < -0.39 is 11.7 Å². The van der Waals surface area contributed by atoms with Gasteiger partial charge < -0.3 is 11.1 Å². The number of alkyl halides is 3. The lowest BCUT2D eigenvalue weighted by Gasteiger charge is -2.14. The molecule has 0 bridgehead atoms. The van der Waals surface area contributed by atoms with Gasteiger partial charge >= 0.3 is 6.18 Å². The van der Waals surface area contributed by atoms with Crippen LogP contribution in [0.5, 0.6) is 0 Å². The fraction of sp³-hybridized carbons (Fsp3) is 0.296. The summed E-state index contributed by atoms with van der Waals surface area (Å²) in [4.78, 5) is 15.0. The molecule has 3 aromatic rings. The predicted molar refractivity (Wildman–Crippen MR) is 128 cm³/mol. The first kappa shape index (κ1) is 23.8. The van der Waals surface area contributed by atoms with Crippen LogP contribution in [0.1, 0.15) is 39.9 Å². The predicted octanol–water partition coefficient (Wildman–Crippen LogP) is 5.52. The smallest absolute Gasteiger partial charge is 0.398 e. The zero-order valence-electron chi connectivity index (χ0n) is 18.9. The second-order valence-corrected chi connectivity index (χ2v) is 8.68. The van der Waals surface area contributed by atoms with Crippen LogP contribution in [0.3, 0.4) is 0 Å². The minimum atomic E-state index is -4.38. The van der Waals surface area contributed by atoms with E-state index in [2.05, 4.69) is 34.5 Å². The first-order chi connectivity index (χ1) is 16.3. The standard InChI is InChI=1S/C27H28F3N3O/c28-27(29,30)23-10-7-21(8-11-23)22-9-12-24(25(31)17-22)26(34)32-14-13-19-3-5-20(6-4-19)18-33-15-1-2-16-33/h3-12,17H,1-2,13-16,18,31H2,(H,32,34). The lowest BCUT2D eigenvalue weighted by Crippen LogP contribution is -2.26. The van der Waals surface area contributed by atoms with Crippen molar-refractivity contribution < 1.29 is 18.0 Å². The number of hydrogen-bond acceptors (Lipinski definition) is 3. The second kappa shape index (κ2) is 10.3. The maximum absolute atomic E-state index is 12.8. The van der Waals surface area contributed by atoms with Crippen LogP contribution in [0.25, 0.3) is 11.1 Å². The average molecular weight is 468 g/mol. The minimum absolute atomic E-state index is 0.276.